The molecule has 7 fully saturated rings. The Morgan fingerprint density at radius 2 is 0.745 bits per heavy atom. The second kappa shape index (κ2) is 34.7. The Bertz CT molecular complexity index is 2310. The SMILES string of the molecule is CC(=O)N[C@H]1[C@H](O[C@H]2[C@@H](O)[C@@H](CO[C@@H]3O[C@H](CO)[C@@H](O[C@@H]4O[C@H](CO)[C@H](O)[C@H](O)[C@H]4O)[C@H](O[C@@H]4O[C@@H](C)[C@@H](O)[C@@H](O)[C@@H]4O)[C@H]3NC(C)=O)O[C@@H](O[C@@H]([C@H](O)[C@@H](O)CO)[C@H](O)CO)[C@@H]2O)O[C@H](CO)[C@@H](O[C@@H]2O[C@H](CO)[C@H](O[C@@H]3O[C@H](CO)[C@H](O)[C@H](O)[C@H]3O)[C@H](O)[C@H]2O)[C@@H]1O. The second-order valence-corrected chi connectivity index (χ2v) is 23.6. The number of ether oxygens (including phenoxy) is 14. The number of aliphatic hydroxyl groups excluding tert-OH is 24. The van der Waals surface area contributed by atoms with Crippen LogP contribution in [-0.2, 0) is 75.9 Å². The van der Waals surface area contributed by atoms with E-state index in [1.807, 2.05) is 0 Å². The van der Waals surface area contributed by atoms with Gasteiger partial charge in [-0.05, 0) is 6.92 Å². The third kappa shape index (κ3) is 17.4. The van der Waals surface area contributed by atoms with Crippen molar-refractivity contribution in [2.24, 2.45) is 0 Å². The number of nitrogens with one attached hydrogen (secondary N) is 2. The minimum atomic E-state index is -2.45. The molecule has 0 aromatic rings. The Morgan fingerprint density at radius 1 is 0.362 bits per heavy atom. The van der Waals surface area contributed by atoms with Crippen molar-refractivity contribution in [1.29, 1.82) is 0 Å². The topological polar surface area (TPSA) is 673 Å². The van der Waals surface area contributed by atoms with Gasteiger partial charge in [0.15, 0.2) is 44.0 Å². The highest BCUT2D eigenvalue weighted by Gasteiger charge is 2.59. The van der Waals surface area contributed by atoms with Gasteiger partial charge >= 0.3 is 0 Å². The van der Waals surface area contributed by atoms with Crippen molar-refractivity contribution in [2.45, 2.75) is 260 Å². The Kier molecular flexibility index (Phi) is 29.0. The Morgan fingerprint density at radius 3 is 1.23 bits per heavy atom. The third-order valence-corrected chi connectivity index (χ3v) is 17.0. The molecule has 42 heteroatoms. The van der Waals surface area contributed by atoms with Gasteiger partial charge in [-0.1, -0.05) is 0 Å². The van der Waals surface area contributed by atoms with Crippen LogP contribution in [0.15, 0.2) is 0 Å². The molecule has 7 aliphatic rings. The summed E-state index contributed by atoms with van der Waals surface area (Å²) in [6.45, 7) is -5.56. The molecule has 0 radical (unpaired) electrons. The molecule has 7 rings (SSSR count). The molecule has 7 heterocycles. The van der Waals surface area contributed by atoms with E-state index in [0.717, 1.165) is 13.8 Å². The zero-order valence-electron chi connectivity index (χ0n) is 50.4. The molecule has 0 aromatic carbocycles. The highest BCUT2D eigenvalue weighted by molar-refractivity contribution is 5.73. The van der Waals surface area contributed by atoms with Crippen LogP contribution in [0.3, 0.4) is 0 Å². The number of amides is 2. The lowest BCUT2D eigenvalue weighted by atomic mass is 9.94. The molecule has 0 unspecified atom stereocenters. The smallest absolute Gasteiger partial charge is 0.217 e. The lowest BCUT2D eigenvalue weighted by Crippen LogP contribution is -2.70. The monoisotopic (exact) mass is 1380 g/mol. The standard InChI is InChI=1S/C52H90N2O40/c1-12-25(66)31(72)35(76)48(82-12)93-44-24(54-14(3)63)46(85-21(10-61)43(44)92-50-37(78)33(74)28(69)18(7-58)84-50)81-11-22-29(70)45(39(80)52(88-22)89-40(16(65)5-56)26(67)15(64)4-55)94-47-23(53-13(2)62)30(71)41(19(8-59)86-47)90-51-38(79)34(75)42(20(9-60)87-51)91-49-36(77)32(73)27(68)17(6-57)83-49/h12,15-52,55-61,64-80H,4-11H2,1-3H3,(H,53,62)(H,54,63)/t12-,15-,16+,17+,18+,19+,20+,21+,22+,23+,24+,25+,26+,27-,28-,29-,30+,31+,32-,33-,34+,35-,36+,37+,38+,39+,40+,41+,42-,43+,44+,45-,46+,47-,48-,49-,50-,51-,52-/m0/s1. The molecule has 0 spiro atoms. The molecular formula is C52H90N2O40. The van der Waals surface area contributed by atoms with Crippen molar-refractivity contribution in [3.8, 4) is 0 Å². The van der Waals surface area contributed by atoms with E-state index < -0.39 is 304 Å². The van der Waals surface area contributed by atoms with Gasteiger partial charge < -0.3 is 200 Å². The summed E-state index contributed by atoms with van der Waals surface area (Å²) in [6.07, 6.45) is -74.5. The maximum Gasteiger partial charge on any atom is 0.217 e. The van der Waals surface area contributed by atoms with Crippen LogP contribution in [0, 0.1) is 0 Å². The predicted molar refractivity (Wildman–Crippen MR) is 288 cm³/mol. The number of rotatable bonds is 27. The number of carbonyl (C=O) groups excluding carboxylic acids is 2. The molecular weight excluding hydrogens is 1290 g/mol. The van der Waals surface area contributed by atoms with Crippen LogP contribution in [0.2, 0.25) is 0 Å². The van der Waals surface area contributed by atoms with Crippen molar-refractivity contribution in [2.75, 3.05) is 52.9 Å². The van der Waals surface area contributed by atoms with Gasteiger partial charge in [-0.25, -0.2) is 0 Å². The van der Waals surface area contributed by atoms with Gasteiger partial charge in [-0.3, -0.25) is 9.59 Å². The van der Waals surface area contributed by atoms with Gasteiger partial charge in [0.25, 0.3) is 0 Å². The first-order valence-corrected chi connectivity index (χ1v) is 29.9. The van der Waals surface area contributed by atoms with E-state index in [-0.39, 0.29) is 0 Å². The fraction of sp³-hybridized carbons (Fsp3) is 0.962. The number of carbonyl (C=O) groups is 2. The first kappa shape index (κ1) is 78.8. The van der Waals surface area contributed by atoms with Crippen LogP contribution >= 0.6 is 0 Å². The molecule has 0 aliphatic carbocycles. The number of hydrogen-bond donors (Lipinski definition) is 26. The van der Waals surface area contributed by atoms with Gasteiger partial charge in [0.05, 0.1) is 59.0 Å². The summed E-state index contributed by atoms with van der Waals surface area (Å²) in [5.41, 5.74) is 0. The molecule has 0 saturated carbocycles. The molecule has 0 bridgehead atoms. The molecule has 94 heavy (non-hydrogen) atoms. The molecule has 42 nitrogen and oxygen atoms in total. The summed E-state index contributed by atoms with van der Waals surface area (Å²) >= 11 is 0. The van der Waals surface area contributed by atoms with Crippen LogP contribution < -0.4 is 10.6 Å². The van der Waals surface area contributed by atoms with Crippen LogP contribution in [-0.4, -0.2) is 426 Å². The summed E-state index contributed by atoms with van der Waals surface area (Å²) < 4.78 is 81.9. The summed E-state index contributed by atoms with van der Waals surface area (Å²) in [4.78, 5) is 26.1. The van der Waals surface area contributed by atoms with E-state index in [0.29, 0.717) is 0 Å². The van der Waals surface area contributed by atoms with E-state index >= 15 is 0 Å². The predicted octanol–water partition coefficient (Wildman–Crippen LogP) is -17.5. The lowest BCUT2D eigenvalue weighted by molar-refractivity contribution is -0.386. The summed E-state index contributed by atoms with van der Waals surface area (Å²) in [5.74, 6) is -1.88. The van der Waals surface area contributed by atoms with Crippen molar-refractivity contribution in [3.05, 3.63) is 0 Å². The largest absolute Gasteiger partial charge is 0.394 e. The molecule has 7 aliphatic heterocycles. The molecule has 548 valence electrons. The maximum atomic E-state index is 13.2. The average Bonchev–Trinajstić information content (AvgIpc) is 0.781. The zero-order valence-corrected chi connectivity index (χ0v) is 50.4. The Hall–Kier alpha value is -2.58. The summed E-state index contributed by atoms with van der Waals surface area (Å²) in [6, 6.07) is -3.81. The van der Waals surface area contributed by atoms with E-state index in [2.05, 4.69) is 10.6 Å². The van der Waals surface area contributed by atoms with Gasteiger partial charge in [0.2, 0.25) is 11.8 Å². The zero-order chi connectivity index (χ0) is 69.6. The lowest BCUT2D eigenvalue weighted by Gasteiger charge is -2.51. The van der Waals surface area contributed by atoms with Crippen molar-refractivity contribution in [3.63, 3.8) is 0 Å². The van der Waals surface area contributed by atoms with Gasteiger partial charge in [0, 0.05) is 13.8 Å². The van der Waals surface area contributed by atoms with Crippen LogP contribution in [0.5, 0.6) is 0 Å². The molecule has 7 saturated heterocycles. The Balaban J connectivity index is 1.19. The molecule has 39 atom stereocenters. The summed E-state index contributed by atoms with van der Waals surface area (Å²) in [7, 11) is 0. The first-order chi connectivity index (χ1) is 44.4. The number of aliphatic hydroxyl groups is 24. The minimum Gasteiger partial charge on any atom is -0.394 e. The van der Waals surface area contributed by atoms with E-state index in [1.54, 1.807) is 0 Å². The maximum absolute atomic E-state index is 13.2. The van der Waals surface area contributed by atoms with E-state index in [1.165, 1.54) is 6.92 Å². The van der Waals surface area contributed by atoms with Crippen LogP contribution in [0.4, 0.5) is 0 Å². The van der Waals surface area contributed by atoms with Gasteiger partial charge in [0.1, 0.15) is 189 Å². The van der Waals surface area contributed by atoms with E-state index in [4.69, 9.17) is 66.3 Å². The van der Waals surface area contributed by atoms with Crippen molar-refractivity contribution >= 4 is 11.8 Å². The van der Waals surface area contributed by atoms with Crippen LogP contribution in [0.25, 0.3) is 0 Å². The van der Waals surface area contributed by atoms with Gasteiger partial charge in [-0.15, -0.1) is 0 Å². The molecule has 2 amide bonds. The van der Waals surface area contributed by atoms with E-state index in [9.17, 15) is 132 Å². The molecule has 26 N–H and O–H groups in total. The summed E-state index contributed by atoms with van der Waals surface area (Å²) in [5, 5.41) is 263. The fourth-order valence-electron chi connectivity index (χ4n) is 11.7. The highest BCUT2D eigenvalue weighted by atomic mass is 16.8. The highest BCUT2D eigenvalue weighted by Crippen LogP contribution is 2.38. The van der Waals surface area contributed by atoms with Crippen molar-refractivity contribution < 1.29 is 198 Å². The fourth-order valence-corrected chi connectivity index (χ4v) is 11.7. The molecule has 0 aromatic heterocycles. The third-order valence-electron chi connectivity index (χ3n) is 17.0. The minimum absolute atomic E-state index is 0.890. The van der Waals surface area contributed by atoms with Crippen LogP contribution in [0.1, 0.15) is 20.8 Å². The second-order valence-electron chi connectivity index (χ2n) is 23.6. The number of hydrogen-bond acceptors (Lipinski definition) is 40. The normalized spacial score (nSPS) is 47.7. The quantitative estimate of drug-likeness (QED) is 0.0363. The van der Waals surface area contributed by atoms with Gasteiger partial charge in [-0.2, -0.15) is 0 Å². The first-order valence-electron chi connectivity index (χ1n) is 29.9. The van der Waals surface area contributed by atoms with Crippen molar-refractivity contribution in [1.82, 2.24) is 10.6 Å². The average molecular weight is 1380 g/mol. The Labute approximate surface area is 532 Å².